The zero-order valence-corrected chi connectivity index (χ0v) is 8.05. The Labute approximate surface area is 72.8 Å². The fourth-order valence-electron chi connectivity index (χ4n) is 0.468. The summed E-state index contributed by atoms with van der Waals surface area (Å²) in [6.45, 7) is 3.20. The number of Topliss-reactive ketones (excluding diaryl/α,β-unsaturated/α-hetero) is 2. The van der Waals surface area contributed by atoms with Gasteiger partial charge >= 0.3 is 0 Å². The number of methoxy groups -OCH3 is 2. The van der Waals surface area contributed by atoms with E-state index in [0.29, 0.717) is 6.79 Å². The van der Waals surface area contributed by atoms with Gasteiger partial charge in [0.25, 0.3) is 0 Å². The highest BCUT2D eigenvalue weighted by molar-refractivity contribution is 5.96. The standard InChI is InChI=1S/C5H8O2.C3H8O2/c1-4(6)3-5(2)7;1-4-3-5-2/h3H2,1-2H3;3H2,1-2H3. The van der Waals surface area contributed by atoms with Crippen molar-refractivity contribution in [2.75, 3.05) is 21.0 Å². The van der Waals surface area contributed by atoms with Crippen LogP contribution in [-0.2, 0) is 19.1 Å². The molecule has 0 heterocycles. The van der Waals surface area contributed by atoms with Gasteiger partial charge in [-0.3, -0.25) is 9.59 Å². The zero-order chi connectivity index (χ0) is 9.98. The summed E-state index contributed by atoms with van der Waals surface area (Å²) in [7, 11) is 3.17. The number of hydrogen-bond donors (Lipinski definition) is 0. The second-order valence-electron chi connectivity index (χ2n) is 2.28. The summed E-state index contributed by atoms with van der Waals surface area (Å²) in [6.07, 6.45) is 0.0833. The molecule has 0 aromatic rings. The van der Waals surface area contributed by atoms with Crippen molar-refractivity contribution >= 4 is 11.6 Å². The molecule has 0 N–H and O–H groups in total. The van der Waals surface area contributed by atoms with Crippen LogP contribution < -0.4 is 0 Å². The van der Waals surface area contributed by atoms with Crippen LogP contribution >= 0.6 is 0 Å². The highest BCUT2D eigenvalue weighted by atomic mass is 16.6. The first-order chi connectivity index (χ1) is 5.54. The number of hydrogen-bond acceptors (Lipinski definition) is 4. The topological polar surface area (TPSA) is 52.6 Å². The predicted octanol–water partition coefficient (Wildman–Crippen LogP) is 0.791. The van der Waals surface area contributed by atoms with Crippen LogP contribution in [0.5, 0.6) is 0 Å². The first kappa shape index (κ1) is 13.8. The van der Waals surface area contributed by atoms with Crippen molar-refractivity contribution in [2.45, 2.75) is 20.3 Å². The third-order valence-electron chi connectivity index (χ3n) is 0.734. The SMILES string of the molecule is CC(=O)CC(C)=O.COCOC. The Kier molecular flexibility index (Phi) is 11.8. The van der Waals surface area contributed by atoms with E-state index >= 15 is 0 Å². The smallest absolute Gasteiger partial charge is 0.145 e. The van der Waals surface area contributed by atoms with Gasteiger partial charge in [-0.25, -0.2) is 0 Å². The molecule has 0 bridgehead atoms. The average Bonchev–Trinajstić information content (AvgIpc) is 1.87. The zero-order valence-electron chi connectivity index (χ0n) is 8.05. The molecule has 0 atom stereocenters. The van der Waals surface area contributed by atoms with E-state index in [1.165, 1.54) is 13.8 Å². The van der Waals surface area contributed by atoms with Crippen LogP contribution in [0.25, 0.3) is 0 Å². The minimum atomic E-state index is -0.0625. The van der Waals surface area contributed by atoms with Gasteiger partial charge in [-0.15, -0.1) is 0 Å². The molecule has 0 saturated heterocycles. The summed E-state index contributed by atoms with van der Waals surface area (Å²) >= 11 is 0. The Morgan fingerprint density at radius 1 is 1.00 bits per heavy atom. The van der Waals surface area contributed by atoms with Crippen molar-refractivity contribution in [1.82, 2.24) is 0 Å². The molecule has 0 rings (SSSR count). The quantitative estimate of drug-likeness (QED) is 0.469. The molecule has 0 radical (unpaired) electrons. The van der Waals surface area contributed by atoms with Gasteiger partial charge in [0, 0.05) is 14.2 Å². The summed E-state index contributed by atoms with van der Waals surface area (Å²) in [5.74, 6) is -0.125. The van der Waals surface area contributed by atoms with Crippen molar-refractivity contribution in [3.8, 4) is 0 Å². The molecule has 4 nitrogen and oxygen atoms in total. The maximum atomic E-state index is 10.0. The van der Waals surface area contributed by atoms with Gasteiger partial charge in [0.1, 0.15) is 18.4 Å². The Morgan fingerprint density at radius 2 is 1.33 bits per heavy atom. The van der Waals surface area contributed by atoms with Gasteiger partial charge in [-0.2, -0.15) is 0 Å². The lowest BCUT2D eigenvalue weighted by Gasteiger charge is -1.87. The number of rotatable bonds is 4. The largest absolute Gasteiger partial charge is 0.359 e. The Morgan fingerprint density at radius 3 is 1.33 bits per heavy atom. The minimum absolute atomic E-state index is 0.0625. The summed E-state index contributed by atoms with van der Waals surface area (Å²) in [6, 6.07) is 0. The molecular formula is C8H16O4. The second kappa shape index (κ2) is 10.3. The first-order valence-electron chi connectivity index (χ1n) is 3.51. The molecule has 4 heteroatoms. The molecule has 72 valence electrons. The highest BCUT2D eigenvalue weighted by Gasteiger charge is 1.94. The van der Waals surface area contributed by atoms with Gasteiger partial charge in [-0.05, 0) is 13.8 Å². The van der Waals surface area contributed by atoms with Crippen LogP contribution in [-0.4, -0.2) is 32.6 Å². The lowest BCUT2D eigenvalue weighted by molar-refractivity contribution is -0.124. The van der Waals surface area contributed by atoms with Crippen LogP contribution in [0.2, 0.25) is 0 Å². The summed E-state index contributed by atoms with van der Waals surface area (Å²) in [4.78, 5) is 20.1. The minimum Gasteiger partial charge on any atom is -0.359 e. The lowest BCUT2D eigenvalue weighted by Crippen LogP contribution is -1.97. The van der Waals surface area contributed by atoms with Crippen LogP contribution in [0.3, 0.4) is 0 Å². The van der Waals surface area contributed by atoms with E-state index in [0.717, 1.165) is 0 Å². The monoisotopic (exact) mass is 176 g/mol. The fourth-order valence-corrected chi connectivity index (χ4v) is 0.468. The Hall–Kier alpha value is -0.740. The molecule has 0 amide bonds. The van der Waals surface area contributed by atoms with Crippen molar-refractivity contribution in [1.29, 1.82) is 0 Å². The van der Waals surface area contributed by atoms with Crippen LogP contribution in [0.4, 0.5) is 0 Å². The average molecular weight is 176 g/mol. The van der Waals surface area contributed by atoms with E-state index in [-0.39, 0.29) is 18.0 Å². The molecule has 12 heavy (non-hydrogen) atoms. The van der Waals surface area contributed by atoms with Gasteiger partial charge < -0.3 is 9.47 Å². The van der Waals surface area contributed by atoms with E-state index in [4.69, 9.17) is 0 Å². The summed E-state index contributed by atoms with van der Waals surface area (Å²) in [5.41, 5.74) is 0. The number of carbonyl (C=O) groups excluding carboxylic acids is 2. The van der Waals surface area contributed by atoms with E-state index in [2.05, 4.69) is 9.47 Å². The second-order valence-corrected chi connectivity index (χ2v) is 2.28. The molecule has 0 aliphatic carbocycles. The number of carbonyl (C=O) groups is 2. The molecular weight excluding hydrogens is 160 g/mol. The maximum absolute atomic E-state index is 10.0. The van der Waals surface area contributed by atoms with Gasteiger partial charge in [-0.1, -0.05) is 0 Å². The molecule has 0 spiro atoms. The van der Waals surface area contributed by atoms with E-state index < -0.39 is 0 Å². The van der Waals surface area contributed by atoms with Crippen LogP contribution in [0.15, 0.2) is 0 Å². The fraction of sp³-hybridized carbons (Fsp3) is 0.750. The Balaban J connectivity index is 0. The highest BCUT2D eigenvalue weighted by Crippen LogP contribution is 1.80. The molecule has 0 fully saturated rings. The summed E-state index contributed by atoms with van der Waals surface area (Å²) < 4.78 is 8.94. The van der Waals surface area contributed by atoms with Crippen molar-refractivity contribution in [3.05, 3.63) is 0 Å². The molecule has 0 aliphatic rings. The van der Waals surface area contributed by atoms with Crippen molar-refractivity contribution in [3.63, 3.8) is 0 Å². The number of ketones is 2. The van der Waals surface area contributed by atoms with Crippen LogP contribution in [0.1, 0.15) is 20.3 Å². The van der Waals surface area contributed by atoms with E-state index in [1.807, 2.05) is 0 Å². The van der Waals surface area contributed by atoms with Gasteiger partial charge in [0.2, 0.25) is 0 Å². The molecule has 0 saturated carbocycles. The normalized spacial score (nSPS) is 8.33. The Bertz CT molecular complexity index is 117. The maximum Gasteiger partial charge on any atom is 0.145 e. The first-order valence-corrected chi connectivity index (χ1v) is 3.51. The third kappa shape index (κ3) is 22.8. The molecule has 0 unspecified atom stereocenters. The van der Waals surface area contributed by atoms with Crippen molar-refractivity contribution in [2.24, 2.45) is 0 Å². The predicted molar refractivity (Wildman–Crippen MR) is 44.9 cm³/mol. The van der Waals surface area contributed by atoms with Gasteiger partial charge in [0.15, 0.2) is 0 Å². The van der Waals surface area contributed by atoms with E-state index in [9.17, 15) is 9.59 Å². The number of ether oxygens (including phenoxy) is 2. The molecule has 0 aliphatic heterocycles. The molecule has 0 aromatic heterocycles. The van der Waals surface area contributed by atoms with Gasteiger partial charge in [0.05, 0.1) is 6.42 Å². The van der Waals surface area contributed by atoms with Crippen LogP contribution in [0, 0.1) is 0 Å². The summed E-state index contributed by atoms with van der Waals surface area (Å²) in [5, 5.41) is 0. The van der Waals surface area contributed by atoms with E-state index in [1.54, 1.807) is 14.2 Å². The third-order valence-corrected chi connectivity index (χ3v) is 0.734. The molecule has 0 aromatic carbocycles. The lowest BCUT2D eigenvalue weighted by atomic mass is 10.2. The van der Waals surface area contributed by atoms with Crippen molar-refractivity contribution < 1.29 is 19.1 Å².